The number of amides is 3. The smallest absolute Gasteiger partial charge is 0.243 e. The highest BCUT2D eigenvalue weighted by Gasteiger charge is 2.33. The van der Waals surface area contributed by atoms with Crippen LogP contribution in [0.4, 0.5) is 0 Å². The number of aromatic hydroxyl groups is 2. The highest BCUT2D eigenvalue weighted by atomic mass is 32.3. The summed E-state index contributed by atoms with van der Waals surface area (Å²) in [5.74, 6) is -2.19. The lowest BCUT2D eigenvalue weighted by Gasteiger charge is -2.26. The standard InChI is InChI=1S/C44H47N3O9S2/c1-29(2)23-35(28-42(57(3,53)54)58(55,56)38-21-19-37(49)20-22-38)45-43(51)40(25-30-9-5-4-6-10-30)47-44(52)39(26-31-14-17-36(48)18-15-31)46-41(50)27-32-13-16-33-11-7-8-12-34(33)24-32/h4-22,24,28-29,35,39-40,48-49H,23,25-27H2,1-3H3,(H,45,51)(H,46,50)(H,47,52)/b42-28+/t35-,39-,40-/m0/s1. The van der Waals surface area contributed by atoms with Crippen molar-refractivity contribution >= 4 is 48.2 Å². The summed E-state index contributed by atoms with van der Waals surface area (Å²) >= 11 is 0. The first-order chi connectivity index (χ1) is 27.5. The Labute approximate surface area is 338 Å². The number of phenols is 2. The molecule has 5 aromatic carbocycles. The van der Waals surface area contributed by atoms with Gasteiger partial charge in [-0.1, -0.05) is 98.8 Å². The number of phenolic OH excluding ortho intramolecular Hbond substituents is 2. The molecule has 12 nitrogen and oxygen atoms in total. The first-order valence-corrected chi connectivity index (χ1v) is 22.0. The number of sulfone groups is 2. The van der Waals surface area contributed by atoms with E-state index in [2.05, 4.69) is 16.0 Å². The summed E-state index contributed by atoms with van der Waals surface area (Å²) in [6, 6.07) is 29.3. The minimum Gasteiger partial charge on any atom is -0.508 e. The molecule has 0 heterocycles. The van der Waals surface area contributed by atoms with Crippen molar-refractivity contribution in [2.45, 2.75) is 62.6 Å². The highest BCUT2D eigenvalue weighted by molar-refractivity contribution is 8.14. The van der Waals surface area contributed by atoms with Gasteiger partial charge in [0.05, 0.1) is 11.3 Å². The number of carbonyl (C=O) groups is 3. The third kappa shape index (κ3) is 12.0. The molecule has 0 bridgehead atoms. The predicted octanol–water partition coefficient (Wildman–Crippen LogP) is 5.14. The largest absolute Gasteiger partial charge is 0.508 e. The molecule has 0 aliphatic heterocycles. The normalized spacial score (nSPS) is 13.7. The van der Waals surface area contributed by atoms with Crippen LogP contribution in [0.15, 0.2) is 137 Å². The zero-order valence-corrected chi connectivity index (χ0v) is 34.0. The van der Waals surface area contributed by atoms with Gasteiger partial charge in [-0.25, -0.2) is 16.8 Å². The molecule has 3 atom stereocenters. The van der Waals surface area contributed by atoms with E-state index in [0.717, 1.165) is 52.9 Å². The van der Waals surface area contributed by atoms with Gasteiger partial charge in [-0.05, 0) is 82.3 Å². The summed E-state index contributed by atoms with van der Waals surface area (Å²) in [6.45, 7) is 3.64. The van der Waals surface area contributed by atoms with Gasteiger partial charge in [-0.3, -0.25) is 14.4 Å². The molecule has 0 aliphatic carbocycles. The molecular formula is C44H47N3O9S2. The van der Waals surface area contributed by atoms with Crippen LogP contribution in [0, 0.1) is 5.92 Å². The molecule has 0 aliphatic rings. The number of carbonyl (C=O) groups excluding carboxylic acids is 3. The molecule has 0 aromatic heterocycles. The minimum atomic E-state index is -4.63. The van der Waals surface area contributed by atoms with E-state index in [9.17, 15) is 41.4 Å². The van der Waals surface area contributed by atoms with Crippen LogP contribution in [0.5, 0.6) is 11.5 Å². The quantitative estimate of drug-likeness (QED) is 0.0844. The molecule has 14 heteroatoms. The molecule has 0 saturated heterocycles. The number of fused-ring (bicyclic) bond motifs is 1. The lowest BCUT2D eigenvalue weighted by molar-refractivity contribution is -0.132. The van der Waals surface area contributed by atoms with Crippen molar-refractivity contribution in [1.82, 2.24) is 16.0 Å². The molecule has 0 radical (unpaired) electrons. The molecule has 0 unspecified atom stereocenters. The van der Waals surface area contributed by atoms with Crippen LogP contribution in [-0.4, -0.2) is 69.2 Å². The Bertz CT molecular complexity index is 2490. The van der Waals surface area contributed by atoms with Crippen molar-refractivity contribution in [3.8, 4) is 11.5 Å². The van der Waals surface area contributed by atoms with Crippen LogP contribution in [-0.2, 0) is 53.3 Å². The van der Waals surface area contributed by atoms with Crippen molar-refractivity contribution in [2.75, 3.05) is 6.26 Å². The number of rotatable bonds is 17. The van der Waals surface area contributed by atoms with E-state index in [1.807, 2.05) is 56.3 Å². The number of benzene rings is 5. The zero-order valence-electron chi connectivity index (χ0n) is 32.3. The van der Waals surface area contributed by atoms with Gasteiger partial charge in [-0.2, -0.15) is 0 Å². The van der Waals surface area contributed by atoms with Gasteiger partial charge in [0.15, 0.2) is 14.1 Å². The molecule has 3 amide bonds. The van der Waals surface area contributed by atoms with Gasteiger partial charge >= 0.3 is 0 Å². The zero-order chi connectivity index (χ0) is 42.0. The maximum atomic E-state index is 14.3. The van der Waals surface area contributed by atoms with Crippen LogP contribution in [0.25, 0.3) is 10.8 Å². The van der Waals surface area contributed by atoms with E-state index in [-0.39, 0.29) is 48.0 Å². The molecule has 304 valence electrons. The first-order valence-electron chi connectivity index (χ1n) is 18.6. The van der Waals surface area contributed by atoms with E-state index < -0.39 is 59.8 Å². The molecular weight excluding hydrogens is 779 g/mol. The van der Waals surface area contributed by atoms with Crippen LogP contribution >= 0.6 is 0 Å². The molecule has 5 N–H and O–H groups in total. The second kappa shape index (κ2) is 19.0. The minimum absolute atomic E-state index is 0.00175. The molecule has 0 saturated carbocycles. The Hall–Kier alpha value is -5.99. The van der Waals surface area contributed by atoms with Gasteiger partial charge in [-0.15, -0.1) is 0 Å². The van der Waals surface area contributed by atoms with E-state index in [1.54, 1.807) is 42.5 Å². The fourth-order valence-corrected chi connectivity index (χ4v) is 9.83. The second-order valence-electron chi connectivity index (χ2n) is 14.6. The Kier molecular flexibility index (Phi) is 14.1. The van der Waals surface area contributed by atoms with Crippen LogP contribution in [0.2, 0.25) is 0 Å². The van der Waals surface area contributed by atoms with Crippen molar-refractivity contribution in [1.29, 1.82) is 0 Å². The van der Waals surface area contributed by atoms with Crippen LogP contribution < -0.4 is 16.0 Å². The van der Waals surface area contributed by atoms with E-state index in [0.29, 0.717) is 11.1 Å². The number of hydrogen-bond donors (Lipinski definition) is 5. The topological polar surface area (TPSA) is 196 Å². The molecule has 5 rings (SSSR count). The summed E-state index contributed by atoms with van der Waals surface area (Å²) in [4.78, 5) is 41.6. The summed E-state index contributed by atoms with van der Waals surface area (Å²) < 4.78 is 52.5. The monoisotopic (exact) mass is 825 g/mol. The van der Waals surface area contributed by atoms with Gasteiger partial charge < -0.3 is 26.2 Å². The lowest BCUT2D eigenvalue weighted by Crippen LogP contribution is -2.56. The Balaban J connectivity index is 1.45. The lowest BCUT2D eigenvalue weighted by atomic mass is 10.0. The maximum Gasteiger partial charge on any atom is 0.243 e. The maximum absolute atomic E-state index is 14.3. The average molecular weight is 826 g/mol. The third-order valence-corrected chi connectivity index (χ3v) is 13.3. The first kappa shape index (κ1) is 43.1. The second-order valence-corrected chi connectivity index (χ2v) is 18.8. The van der Waals surface area contributed by atoms with Crippen molar-refractivity contribution in [2.24, 2.45) is 5.92 Å². The molecule has 58 heavy (non-hydrogen) atoms. The van der Waals surface area contributed by atoms with Crippen molar-refractivity contribution < 1.29 is 41.4 Å². The Morgan fingerprint density at radius 3 is 1.74 bits per heavy atom. The molecule has 5 aromatic rings. The van der Waals surface area contributed by atoms with Gasteiger partial charge in [0.1, 0.15) is 23.6 Å². The summed E-state index contributed by atoms with van der Waals surface area (Å²) in [7, 11) is -9.02. The SMILES string of the molecule is CC(C)C[C@@H](/C=C(\S(C)(=O)=O)S(=O)(=O)c1ccc(O)cc1)NC(=O)[C@H](Cc1ccccc1)NC(=O)[C@H](Cc1ccc(O)cc1)NC(=O)Cc1ccc2ccccc2c1. The van der Waals surface area contributed by atoms with E-state index in [4.69, 9.17) is 0 Å². The average Bonchev–Trinajstić information content (AvgIpc) is 3.17. The molecule has 0 spiro atoms. The fraction of sp³-hybridized carbons (Fsp3) is 0.250. The van der Waals surface area contributed by atoms with E-state index >= 15 is 0 Å². The van der Waals surface area contributed by atoms with Gasteiger partial charge in [0.25, 0.3) is 0 Å². The van der Waals surface area contributed by atoms with Crippen LogP contribution in [0.3, 0.4) is 0 Å². The summed E-state index contributed by atoms with van der Waals surface area (Å²) in [5.41, 5.74) is 2.03. The van der Waals surface area contributed by atoms with E-state index in [1.165, 1.54) is 12.1 Å². The highest BCUT2D eigenvalue weighted by Crippen LogP contribution is 2.26. The van der Waals surface area contributed by atoms with Crippen LogP contribution in [0.1, 0.15) is 37.0 Å². The Morgan fingerprint density at radius 1 is 0.621 bits per heavy atom. The van der Waals surface area contributed by atoms with Crippen molar-refractivity contribution in [3.63, 3.8) is 0 Å². The summed E-state index contributed by atoms with van der Waals surface area (Å²) in [6.07, 6.45) is 1.87. The van der Waals surface area contributed by atoms with Crippen molar-refractivity contribution in [3.05, 3.63) is 148 Å². The number of hydrogen-bond acceptors (Lipinski definition) is 9. The Morgan fingerprint density at radius 2 is 1.14 bits per heavy atom. The van der Waals surface area contributed by atoms with Gasteiger partial charge in [0, 0.05) is 25.1 Å². The number of nitrogens with one attached hydrogen (secondary N) is 3. The molecule has 0 fully saturated rings. The predicted molar refractivity (Wildman–Crippen MR) is 223 cm³/mol. The third-order valence-electron chi connectivity index (χ3n) is 9.29. The van der Waals surface area contributed by atoms with Gasteiger partial charge in [0.2, 0.25) is 27.6 Å². The summed E-state index contributed by atoms with van der Waals surface area (Å²) in [5, 5.41) is 29.9. The fourth-order valence-electron chi connectivity index (χ4n) is 6.47.